The monoisotopic (exact) mass is 434 g/mol. The predicted octanol–water partition coefficient (Wildman–Crippen LogP) is 5.96. The van der Waals surface area contributed by atoms with Crippen LogP contribution in [0.4, 0.5) is 11.5 Å². The van der Waals surface area contributed by atoms with Gasteiger partial charge in [0, 0.05) is 42.3 Å². The molecule has 0 bridgehead atoms. The summed E-state index contributed by atoms with van der Waals surface area (Å²) in [4.78, 5) is 16.3. The number of hydrogen-bond donors (Lipinski definition) is 0. The number of aryl methyl sites for hydroxylation is 2. The molecule has 0 unspecified atom stereocenters. The van der Waals surface area contributed by atoms with E-state index in [2.05, 4.69) is 77.2 Å². The van der Waals surface area contributed by atoms with Gasteiger partial charge in [-0.15, -0.1) is 11.3 Å². The van der Waals surface area contributed by atoms with E-state index >= 15 is 0 Å². The molecule has 0 amide bonds. The topological polar surface area (TPSA) is 32.3 Å². The van der Waals surface area contributed by atoms with Crippen LogP contribution in [0.1, 0.15) is 10.4 Å². The van der Waals surface area contributed by atoms with E-state index < -0.39 is 0 Å². The second kappa shape index (κ2) is 7.89. The molecule has 4 nitrogen and oxygen atoms in total. The van der Waals surface area contributed by atoms with E-state index in [1.165, 1.54) is 27.3 Å². The predicted molar refractivity (Wildman–Crippen MR) is 128 cm³/mol. The van der Waals surface area contributed by atoms with Gasteiger partial charge in [-0.25, -0.2) is 4.98 Å². The Hall–Kier alpha value is -2.63. The van der Waals surface area contributed by atoms with Gasteiger partial charge in [-0.05, 0) is 48.7 Å². The first-order valence-corrected chi connectivity index (χ1v) is 11.4. The highest BCUT2D eigenvalue weighted by atomic mass is 35.5. The molecular weight excluding hydrogens is 412 g/mol. The molecule has 3 heterocycles. The summed E-state index contributed by atoms with van der Waals surface area (Å²) in [6, 6.07) is 19.2. The molecule has 0 spiro atoms. The van der Waals surface area contributed by atoms with Gasteiger partial charge in [-0.2, -0.15) is 4.98 Å². The van der Waals surface area contributed by atoms with E-state index in [0.717, 1.165) is 42.2 Å². The molecule has 1 saturated heterocycles. The van der Waals surface area contributed by atoms with Gasteiger partial charge in [0.2, 0.25) is 5.28 Å². The molecule has 152 valence electrons. The van der Waals surface area contributed by atoms with Crippen molar-refractivity contribution in [1.82, 2.24) is 9.97 Å². The van der Waals surface area contributed by atoms with Crippen molar-refractivity contribution < 1.29 is 0 Å². The number of thiophene rings is 1. The SMILES string of the molecule is Cc1cccc(N2CCN(c3nc(Cl)nc4sc(C)c(-c5ccccc5)c34)CC2)c1. The fourth-order valence-corrected chi connectivity index (χ4v) is 5.50. The molecule has 0 N–H and O–H groups in total. The number of fused-ring (bicyclic) bond motifs is 1. The zero-order valence-electron chi connectivity index (χ0n) is 17.1. The molecule has 1 aliphatic rings. The minimum absolute atomic E-state index is 0.319. The molecule has 2 aromatic carbocycles. The quantitative estimate of drug-likeness (QED) is 0.372. The maximum absolute atomic E-state index is 6.34. The zero-order valence-corrected chi connectivity index (χ0v) is 18.7. The molecule has 0 aliphatic carbocycles. The van der Waals surface area contributed by atoms with Crippen molar-refractivity contribution in [2.24, 2.45) is 0 Å². The van der Waals surface area contributed by atoms with Crippen LogP contribution in [0.3, 0.4) is 0 Å². The molecule has 6 heteroatoms. The Morgan fingerprint density at radius 2 is 1.60 bits per heavy atom. The number of benzene rings is 2. The van der Waals surface area contributed by atoms with Crippen molar-refractivity contribution in [3.63, 3.8) is 0 Å². The van der Waals surface area contributed by atoms with Gasteiger partial charge in [-0.3, -0.25) is 0 Å². The summed E-state index contributed by atoms with van der Waals surface area (Å²) < 4.78 is 0. The van der Waals surface area contributed by atoms with Crippen molar-refractivity contribution in [2.75, 3.05) is 36.0 Å². The van der Waals surface area contributed by atoms with E-state index in [9.17, 15) is 0 Å². The van der Waals surface area contributed by atoms with Crippen molar-refractivity contribution in [1.29, 1.82) is 0 Å². The average Bonchev–Trinajstić information content (AvgIpc) is 3.09. The Bertz CT molecular complexity index is 1200. The van der Waals surface area contributed by atoms with E-state index in [-0.39, 0.29) is 0 Å². The van der Waals surface area contributed by atoms with Crippen LogP contribution >= 0.6 is 22.9 Å². The van der Waals surface area contributed by atoms with Crippen LogP contribution in [-0.2, 0) is 0 Å². The Kier molecular flexibility index (Phi) is 5.09. The first-order valence-electron chi connectivity index (χ1n) is 10.2. The molecule has 1 fully saturated rings. The second-order valence-corrected chi connectivity index (χ2v) is 9.25. The van der Waals surface area contributed by atoms with Gasteiger partial charge in [0.1, 0.15) is 10.6 Å². The molecule has 5 rings (SSSR count). The first-order chi connectivity index (χ1) is 14.6. The highest BCUT2D eigenvalue weighted by molar-refractivity contribution is 7.19. The maximum Gasteiger partial charge on any atom is 0.225 e. The number of hydrogen-bond acceptors (Lipinski definition) is 5. The van der Waals surface area contributed by atoms with Crippen LogP contribution in [0, 0.1) is 13.8 Å². The minimum Gasteiger partial charge on any atom is -0.368 e. The number of aromatic nitrogens is 2. The number of rotatable bonds is 3. The zero-order chi connectivity index (χ0) is 20.7. The van der Waals surface area contributed by atoms with Gasteiger partial charge in [0.25, 0.3) is 0 Å². The van der Waals surface area contributed by atoms with Crippen LogP contribution in [0.2, 0.25) is 5.28 Å². The summed E-state index contributed by atoms with van der Waals surface area (Å²) in [5.74, 6) is 0.956. The number of anilines is 2. The van der Waals surface area contributed by atoms with Crippen molar-refractivity contribution in [3.8, 4) is 11.1 Å². The van der Waals surface area contributed by atoms with Gasteiger partial charge in [-0.1, -0.05) is 42.5 Å². The summed E-state index contributed by atoms with van der Waals surface area (Å²) in [6.45, 7) is 8.01. The van der Waals surface area contributed by atoms with Gasteiger partial charge >= 0.3 is 0 Å². The summed E-state index contributed by atoms with van der Waals surface area (Å²) >= 11 is 8.03. The number of nitrogens with zero attached hydrogens (tertiary/aromatic N) is 4. The highest BCUT2D eigenvalue weighted by Gasteiger charge is 2.25. The molecule has 4 aromatic rings. The lowest BCUT2D eigenvalue weighted by Crippen LogP contribution is -2.47. The molecule has 0 saturated carbocycles. The minimum atomic E-state index is 0.319. The van der Waals surface area contributed by atoms with Crippen LogP contribution in [-0.4, -0.2) is 36.1 Å². The smallest absolute Gasteiger partial charge is 0.225 e. The lowest BCUT2D eigenvalue weighted by molar-refractivity contribution is 0.649. The van der Waals surface area contributed by atoms with Crippen LogP contribution in [0.5, 0.6) is 0 Å². The Morgan fingerprint density at radius 1 is 0.867 bits per heavy atom. The highest BCUT2D eigenvalue weighted by Crippen LogP contribution is 2.42. The lowest BCUT2D eigenvalue weighted by atomic mass is 10.0. The Balaban J connectivity index is 1.52. The normalized spacial score (nSPS) is 14.5. The average molecular weight is 435 g/mol. The van der Waals surface area contributed by atoms with E-state index in [1.807, 2.05) is 6.07 Å². The summed E-state index contributed by atoms with van der Waals surface area (Å²) in [5, 5.41) is 1.44. The summed E-state index contributed by atoms with van der Waals surface area (Å²) in [7, 11) is 0. The lowest BCUT2D eigenvalue weighted by Gasteiger charge is -2.37. The van der Waals surface area contributed by atoms with Crippen LogP contribution in [0.25, 0.3) is 21.3 Å². The van der Waals surface area contributed by atoms with Crippen molar-refractivity contribution >= 4 is 44.7 Å². The largest absolute Gasteiger partial charge is 0.368 e. The van der Waals surface area contributed by atoms with E-state index in [0.29, 0.717) is 5.28 Å². The molecule has 0 radical (unpaired) electrons. The molecule has 0 atom stereocenters. The third-order valence-electron chi connectivity index (χ3n) is 5.69. The second-order valence-electron chi connectivity index (χ2n) is 7.71. The van der Waals surface area contributed by atoms with Gasteiger partial charge in [0.15, 0.2) is 0 Å². The summed E-state index contributed by atoms with van der Waals surface area (Å²) in [5.41, 5.74) is 5.01. The van der Waals surface area contributed by atoms with Gasteiger partial charge in [0.05, 0.1) is 5.39 Å². The fraction of sp³-hybridized carbons (Fsp3) is 0.250. The van der Waals surface area contributed by atoms with E-state index in [1.54, 1.807) is 11.3 Å². The Morgan fingerprint density at radius 3 is 2.33 bits per heavy atom. The third-order valence-corrected chi connectivity index (χ3v) is 6.86. The van der Waals surface area contributed by atoms with Crippen LogP contribution in [0.15, 0.2) is 54.6 Å². The van der Waals surface area contributed by atoms with Gasteiger partial charge < -0.3 is 9.80 Å². The first kappa shape index (κ1) is 19.3. The molecular formula is C24H23ClN4S. The van der Waals surface area contributed by atoms with Crippen molar-refractivity contribution in [2.45, 2.75) is 13.8 Å². The third kappa shape index (κ3) is 3.53. The number of halogens is 1. The maximum atomic E-state index is 6.34. The standard InChI is InChI=1S/C24H23ClN4S/c1-16-7-6-10-19(15-16)28-11-13-29(14-12-28)22-21-20(18-8-4-3-5-9-18)17(2)30-23(21)27-24(25)26-22/h3-10,15H,11-14H2,1-2H3. The van der Waals surface area contributed by atoms with E-state index in [4.69, 9.17) is 16.6 Å². The van der Waals surface area contributed by atoms with Crippen LogP contribution < -0.4 is 9.80 Å². The fourth-order valence-electron chi connectivity index (χ4n) is 4.25. The van der Waals surface area contributed by atoms with Crippen molar-refractivity contribution in [3.05, 3.63) is 70.3 Å². The molecule has 1 aliphatic heterocycles. The molecule has 30 heavy (non-hydrogen) atoms. The number of piperazine rings is 1. The molecule has 2 aromatic heterocycles. The summed E-state index contributed by atoms with van der Waals surface area (Å²) in [6.07, 6.45) is 0. The Labute approximate surface area is 185 Å².